The number of rotatable bonds is 8. The van der Waals surface area contributed by atoms with Crippen LogP contribution in [0.2, 0.25) is 0 Å². The number of nitrogens with one attached hydrogen (secondary N) is 1. The van der Waals surface area contributed by atoms with E-state index in [-0.39, 0.29) is 12.5 Å². The van der Waals surface area contributed by atoms with E-state index in [0.29, 0.717) is 6.61 Å². The first-order valence-corrected chi connectivity index (χ1v) is 5.71. The summed E-state index contributed by atoms with van der Waals surface area (Å²) in [5.74, 6) is 0.736. The molecule has 0 radical (unpaired) electrons. The minimum atomic E-state index is -0.187. The van der Waals surface area contributed by atoms with Gasteiger partial charge in [-0.3, -0.25) is 4.79 Å². The van der Waals surface area contributed by atoms with Crippen molar-refractivity contribution in [3.05, 3.63) is 24.2 Å². The van der Waals surface area contributed by atoms with Gasteiger partial charge in [-0.15, -0.1) is 0 Å². The highest BCUT2D eigenvalue weighted by molar-refractivity contribution is 5.71. The number of esters is 1. The molecule has 0 bridgehead atoms. The quantitative estimate of drug-likeness (QED) is 0.541. The maximum Gasteiger partial charge on any atom is 0.319 e. The molecule has 1 N–H and O–H groups in total. The number of hydrogen-bond donors (Lipinski definition) is 1. The molecule has 0 aromatic carbocycles. The third-order valence-electron chi connectivity index (χ3n) is 2.16. The Morgan fingerprint density at radius 1 is 1.56 bits per heavy atom. The van der Waals surface area contributed by atoms with Gasteiger partial charge < -0.3 is 14.5 Å². The van der Waals surface area contributed by atoms with Crippen molar-refractivity contribution in [2.24, 2.45) is 0 Å². The summed E-state index contributed by atoms with van der Waals surface area (Å²) in [7, 11) is 0. The zero-order valence-corrected chi connectivity index (χ0v) is 9.70. The van der Waals surface area contributed by atoms with Crippen LogP contribution in [-0.2, 0) is 16.0 Å². The summed E-state index contributed by atoms with van der Waals surface area (Å²) < 4.78 is 10.2. The molecule has 0 aliphatic carbocycles. The molecule has 90 valence electrons. The molecule has 1 aromatic rings. The van der Waals surface area contributed by atoms with E-state index in [0.717, 1.165) is 31.6 Å². The number of hydrogen-bond acceptors (Lipinski definition) is 4. The van der Waals surface area contributed by atoms with Gasteiger partial charge in [0.25, 0.3) is 0 Å². The Morgan fingerprint density at radius 3 is 3.12 bits per heavy atom. The lowest BCUT2D eigenvalue weighted by Gasteiger charge is -2.04. The first-order chi connectivity index (χ1) is 7.83. The predicted octanol–water partition coefficient (Wildman–Crippen LogP) is 1.75. The van der Waals surface area contributed by atoms with Gasteiger partial charge in [0.1, 0.15) is 5.76 Å². The average Bonchev–Trinajstić information content (AvgIpc) is 2.78. The van der Waals surface area contributed by atoms with Crippen LogP contribution < -0.4 is 5.32 Å². The van der Waals surface area contributed by atoms with Crippen molar-refractivity contribution < 1.29 is 13.9 Å². The third kappa shape index (κ3) is 5.56. The van der Waals surface area contributed by atoms with Crippen LogP contribution in [0.4, 0.5) is 0 Å². The number of carbonyl (C=O) groups is 1. The molecule has 0 spiro atoms. The van der Waals surface area contributed by atoms with Gasteiger partial charge in [0, 0.05) is 13.0 Å². The number of ether oxygens (including phenoxy) is 1. The predicted molar refractivity (Wildman–Crippen MR) is 61.1 cm³/mol. The first kappa shape index (κ1) is 12.8. The largest absolute Gasteiger partial charge is 0.469 e. The van der Waals surface area contributed by atoms with Crippen LogP contribution in [0.1, 0.15) is 25.5 Å². The van der Waals surface area contributed by atoms with E-state index in [1.165, 1.54) is 0 Å². The van der Waals surface area contributed by atoms with Crippen LogP contribution in [0, 0.1) is 0 Å². The summed E-state index contributed by atoms with van der Waals surface area (Å²) in [5, 5.41) is 3.02. The minimum Gasteiger partial charge on any atom is -0.469 e. The van der Waals surface area contributed by atoms with Gasteiger partial charge >= 0.3 is 5.97 Å². The smallest absolute Gasteiger partial charge is 0.319 e. The van der Waals surface area contributed by atoms with Gasteiger partial charge in [-0.2, -0.15) is 0 Å². The van der Waals surface area contributed by atoms with Crippen molar-refractivity contribution in [1.82, 2.24) is 5.32 Å². The van der Waals surface area contributed by atoms with Gasteiger partial charge in [-0.05, 0) is 18.6 Å². The Hall–Kier alpha value is -1.29. The Kier molecular flexibility index (Phi) is 6.33. The second-order valence-electron chi connectivity index (χ2n) is 3.58. The van der Waals surface area contributed by atoms with Crippen molar-refractivity contribution in [2.75, 3.05) is 19.7 Å². The van der Waals surface area contributed by atoms with E-state index in [2.05, 4.69) is 12.2 Å². The van der Waals surface area contributed by atoms with Gasteiger partial charge in [0.15, 0.2) is 0 Å². The molecule has 0 aliphatic heterocycles. The normalized spacial score (nSPS) is 10.3. The molecular weight excluding hydrogens is 206 g/mol. The lowest BCUT2D eigenvalue weighted by Crippen LogP contribution is -2.26. The van der Waals surface area contributed by atoms with Crippen LogP contribution in [-0.4, -0.2) is 25.7 Å². The van der Waals surface area contributed by atoms with Crippen LogP contribution in [0.5, 0.6) is 0 Å². The van der Waals surface area contributed by atoms with E-state index < -0.39 is 0 Å². The molecule has 1 rings (SSSR count). The maximum absolute atomic E-state index is 11.2. The van der Waals surface area contributed by atoms with E-state index in [1.807, 2.05) is 12.1 Å². The molecule has 1 heterocycles. The standard InChI is InChI=1S/C12H19NO3/c1-2-3-8-16-12(14)10-13-7-6-11-5-4-9-15-11/h4-5,9,13H,2-3,6-8,10H2,1H3. The van der Waals surface area contributed by atoms with E-state index >= 15 is 0 Å². The topological polar surface area (TPSA) is 51.5 Å². The van der Waals surface area contributed by atoms with Crippen molar-refractivity contribution in [3.63, 3.8) is 0 Å². The summed E-state index contributed by atoms with van der Waals surface area (Å²) in [6.07, 6.45) is 4.40. The van der Waals surface area contributed by atoms with E-state index in [9.17, 15) is 4.79 Å². The third-order valence-corrected chi connectivity index (χ3v) is 2.16. The molecule has 0 fully saturated rings. The second-order valence-corrected chi connectivity index (χ2v) is 3.58. The van der Waals surface area contributed by atoms with Gasteiger partial charge in [-0.1, -0.05) is 13.3 Å². The highest BCUT2D eigenvalue weighted by Gasteiger charge is 2.01. The van der Waals surface area contributed by atoms with E-state index in [1.54, 1.807) is 6.26 Å². The van der Waals surface area contributed by atoms with Crippen molar-refractivity contribution in [2.45, 2.75) is 26.2 Å². The Morgan fingerprint density at radius 2 is 2.44 bits per heavy atom. The summed E-state index contributed by atoms with van der Waals surface area (Å²) in [6, 6.07) is 3.77. The second kappa shape index (κ2) is 7.93. The van der Waals surface area contributed by atoms with Crippen molar-refractivity contribution >= 4 is 5.97 Å². The number of carbonyl (C=O) groups excluding carboxylic acids is 1. The highest BCUT2D eigenvalue weighted by atomic mass is 16.5. The lowest BCUT2D eigenvalue weighted by molar-refractivity contribution is -0.142. The molecule has 4 nitrogen and oxygen atoms in total. The lowest BCUT2D eigenvalue weighted by atomic mass is 10.3. The van der Waals surface area contributed by atoms with Gasteiger partial charge in [0.05, 0.1) is 19.4 Å². The molecule has 0 aliphatic rings. The Balaban J connectivity index is 1.96. The zero-order valence-electron chi connectivity index (χ0n) is 9.70. The van der Waals surface area contributed by atoms with Crippen molar-refractivity contribution in [1.29, 1.82) is 0 Å². The Bertz CT molecular complexity index is 282. The number of unbranched alkanes of at least 4 members (excludes halogenated alkanes) is 1. The first-order valence-electron chi connectivity index (χ1n) is 5.71. The zero-order chi connectivity index (χ0) is 11.6. The maximum atomic E-state index is 11.2. The highest BCUT2D eigenvalue weighted by Crippen LogP contribution is 1.99. The van der Waals surface area contributed by atoms with Gasteiger partial charge in [-0.25, -0.2) is 0 Å². The molecule has 0 unspecified atom stereocenters. The summed E-state index contributed by atoms with van der Waals surface area (Å²) >= 11 is 0. The van der Waals surface area contributed by atoms with Crippen molar-refractivity contribution in [3.8, 4) is 0 Å². The van der Waals surface area contributed by atoms with Crippen LogP contribution in [0.25, 0.3) is 0 Å². The van der Waals surface area contributed by atoms with Crippen LogP contribution >= 0.6 is 0 Å². The monoisotopic (exact) mass is 225 g/mol. The molecule has 0 amide bonds. The molecule has 0 saturated carbocycles. The average molecular weight is 225 g/mol. The van der Waals surface area contributed by atoms with Crippen LogP contribution in [0.15, 0.2) is 22.8 Å². The summed E-state index contributed by atoms with van der Waals surface area (Å²) in [6.45, 7) is 3.57. The van der Waals surface area contributed by atoms with Gasteiger partial charge in [0.2, 0.25) is 0 Å². The number of furan rings is 1. The summed E-state index contributed by atoms with van der Waals surface area (Å²) in [5.41, 5.74) is 0. The fourth-order valence-electron chi connectivity index (χ4n) is 1.24. The van der Waals surface area contributed by atoms with E-state index in [4.69, 9.17) is 9.15 Å². The fourth-order valence-corrected chi connectivity index (χ4v) is 1.24. The minimum absolute atomic E-state index is 0.187. The Labute approximate surface area is 96.0 Å². The summed E-state index contributed by atoms with van der Waals surface area (Å²) in [4.78, 5) is 11.2. The molecule has 0 saturated heterocycles. The molecule has 4 heteroatoms. The molecular formula is C12H19NO3. The fraction of sp³-hybridized carbons (Fsp3) is 0.583. The van der Waals surface area contributed by atoms with Crippen LogP contribution in [0.3, 0.4) is 0 Å². The molecule has 1 aromatic heterocycles. The SMILES string of the molecule is CCCCOC(=O)CNCCc1ccco1. The molecule has 0 atom stereocenters. The molecule has 16 heavy (non-hydrogen) atoms.